The topological polar surface area (TPSA) is 75.6 Å². The number of amides is 1. The Balaban J connectivity index is 1.96. The quantitative estimate of drug-likeness (QED) is 0.828. The SMILES string of the molecule is O=C(O)c1ccc(-c2cc(NC(=O)C3CC3)ccc2OC(F)(F)F)cc1. The van der Waals surface area contributed by atoms with Gasteiger partial charge < -0.3 is 15.2 Å². The molecule has 1 fully saturated rings. The zero-order chi connectivity index (χ0) is 18.9. The van der Waals surface area contributed by atoms with Crippen molar-refractivity contribution in [3.8, 4) is 16.9 Å². The minimum absolute atomic E-state index is 0.00484. The van der Waals surface area contributed by atoms with Gasteiger partial charge in [-0.25, -0.2) is 4.79 Å². The molecule has 0 aliphatic heterocycles. The van der Waals surface area contributed by atoms with E-state index in [2.05, 4.69) is 10.1 Å². The Morgan fingerprint density at radius 2 is 1.73 bits per heavy atom. The van der Waals surface area contributed by atoms with Crippen molar-refractivity contribution >= 4 is 17.6 Å². The summed E-state index contributed by atoms with van der Waals surface area (Å²) in [7, 11) is 0. The molecule has 136 valence electrons. The number of hydrogen-bond donors (Lipinski definition) is 2. The summed E-state index contributed by atoms with van der Waals surface area (Å²) in [6.07, 6.45) is -3.29. The maximum absolute atomic E-state index is 12.7. The molecule has 1 saturated carbocycles. The largest absolute Gasteiger partial charge is 0.573 e. The second-order valence-electron chi connectivity index (χ2n) is 5.90. The second kappa shape index (κ2) is 6.70. The van der Waals surface area contributed by atoms with E-state index in [0.29, 0.717) is 11.3 Å². The summed E-state index contributed by atoms with van der Waals surface area (Å²) >= 11 is 0. The third-order valence-electron chi connectivity index (χ3n) is 3.86. The van der Waals surface area contributed by atoms with Crippen molar-refractivity contribution < 1.29 is 32.6 Å². The minimum atomic E-state index is -4.88. The average molecular weight is 365 g/mol. The third-order valence-corrected chi connectivity index (χ3v) is 3.86. The molecule has 0 spiro atoms. The molecule has 3 rings (SSSR count). The van der Waals surface area contributed by atoms with Crippen molar-refractivity contribution in [2.24, 2.45) is 5.92 Å². The number of carbonyl (C=O) groups is 2. The van der Waals surface area contributed by atoms with Gasteiger partial charge in [-0.05, 0) is 48.7 Å². The molecule has 2 N–H and O–H groups in total. The Kier molecular flexibility index (Phi) is 4.58. The van der Waals surface area contributed by atoms with Gasteiger partial charge in [0.15, 0.2) is 0 Å². The molecule has 2 aromatic carbocycles. The standard InChI is InChI=1S/C18H14F3NO4/c19-18(20,21)26-15-8-7-13(22-16(23)11-3-4-11)9-14(15)10-1-5-12(6-2-10)17(24)25/h1-2,5-9,11H,3-4H2,(H,22,23)(H,24,25). The van der Waals surface area contributed by atoms with Crippen molar-refractivity contribution in [3.63, 3.8) is 0 Å². The van der Waals surface area contributed by atoms with E-state index in [-0.39, 0.29) is 23.0 Å². The number of carboxylic acids is 1. The van der Waals surface area contributed by atoms with Crippen LogP contribution in [0.5, 0.6) is 5.75 Å². The molecule has 2 aromatic rings. The number of anilines is 1. The molecule has 0 saturated heterocycles. The lowest BCUT2D eigenvalue weighted by atomic mass is 10.0. The highest BCUT2D eigenvalue weighted by Crippen LogP contribution is 2.37. The Hall–Kier alpha value is -3.03. The Bertz CT molecular complexity index is 843. The molecular weight excluding hydrogens is 351 g/mol. The normalized spacial score (nSPS) is 14.0. The Labute approximate surface area is 146 Å². The number of rotatable bonds is 5. The molecule has 1 aliphatic carbocycles. The van der Waals surface area contributed by atoms with Crippen LogP contribution < -0.4 is 10.1 Å². The molecule has 0 unspecified atom stereocenters. The monoisotopic (exact) mass is 365 g/mol. The van der Waals surface area contributed by atoms with Crippen molar-refractivity contribution in [1.29, 1.82) is 0 Å². The van der Waals surface area contributed by atoms with Crippen LogP contribution in [0.4, 0.5) is 18.9 Å². The van der Waals surface area contributed by atoms with Gasteiger partial charge in [0, 0.05) is 17.2 Å². The van der Waals surface area contributed by atoms with E-state index in [1.54, 1.807) is 0 Å². The summed E-state index contributed by atoms with van der Waals surface area (Å²) < 4.78 is 42.0. The van der Waals surface area contributed by atoms with E-state index in [1.807, 2.05) is 0 Å². The first-order chi connectivity index (χ1) is 12.2. The fourth-order valence-corrected chi connectivity index (χ4v) is 2.43. The predicted molar refractivity (Wildman–Crippen MR) is 86.9 cm³/mol. The van der Waals surface area contributed by atoms with Crippen molar-refractivity contribution in [3.05, 3.63) is 48.0 Å². The van der Waals surface area contributed by atoms with Crippen LogP contribution in [0.3, 0.4) is 0 Å². The summed E-state index contributed by atoms with van der Waals surface area (Å²) in [5.74, 6) is -1.82. The van der Waals surface area contributed by atoms with Gasteiger partial charge >= 0.3 is 12.3 Å². The fraction of sp³-hybridized carbons (Fsp3) is 0.222. The van der Waals surface area contributed by atoms with Crippen LogP contribution in [-0.4, -0.2) is 23.3 Å². The Morgan fingerprint density at radius 1 is 1.08 bits per heavy atom. The van der Waals surface area contributed by atoms with E-state index in [0.717, 1.165) is 18.9 Å². The molecule has 0 bridgehead atoms. The lowest BCUT2D eigenvalue weighted by Gasteiger charge is -2.15. The van der Waals surface area contributed by atoms with Crippen LogP contribution in [-0.2, 0) is 4.79 Å². The molecule has 0 aromatic heterocycles. The molecule has 5 nitrogen and oxygen atoms in total. The van der Waals surface area contributed by atoms with Crippen LogP contribution >= 0.6 is 0 Å². The van der Waals surface area contributed by atoms with Gasteiger partial charge in [0.1, 0.15) is 5.75 Å². The number of aromatic carboxylic acids is 1. The lowest BCUT2D eigenvalue weighted by molar-refractivity contribution is -0.274. The van der Waals surface area contributed by atoms with Crippen molar-refractivity contribution in [2.45, 2.75) is 19.2 Å². The van der Waals surface area contributed by atoms with Gasteiger partial charge in [-0.3, -0.25) is 4.79 Å². The third kappa shape index (κ3) is 4.33. The van der Waals surface area contributed by atoms with Gasteiger partial charge in [0.2, 0.25) is 5.91 Å². The smallest absolute Gasteiger partial charge is 0.478 e. The fourth-order valence-electron chi connectivity index (χ4n) is 2.43. The number of carbonyl (C=O) groups excluding carboxylic acids is 1. The highest BCUT2D eigenvalue weighted by atomic mass is 19.4. The van der Waals surface area contributed by atoms with Gasteiger partial charge in [-0.2, -0.15) is 0 Å². The highest BCUT2D eigenvalue weighted by molar-refractivity contribution is 5.95. The molecule has 0 heterocycles. The van der Waals surface area contributed by atoms with E-state index in [9.17, 15) is 22.8 Å². The number of alkyl halides is 3. The van der Waals surface area contributed by atoms with E-state index in [4.69, 9.17) is 5.11 Å². The first-order valence-corrected chi connectivity index (χ1v) is 7.77. The minimum Gasteiger partial charge on any atom is -0.478 e. The van der Waals surface area contributed by atoms with Gasteiger partial charge in [-0.1, -0.05) is 12.1 Å². The molecule has 8 heteroatoms. The molecule has 1 aliphatic rings. The molecule has 0 radical (unpaired) electrons. The van der Waals surface area contributed by atoms with Gasteiger partial charge in [-0.15, -0.1) is 13.2 Å². The van der Waals surface area contributed by atoms with Gasteiger partial charge in [0.25, 0.3) is 0 Å². The first kappa shape index (κ1) is 17.8. The molecule has 1 amide bonds. The van der Waals surface area contributed by atoms with E-state index in [1.165, 1.54) is 36.4 Å². The van der Waals surface area contributed by atoms with Gasteiger partial charge in [0.05, 0.1) is 5.56 Å². The summed E-state index contributed by atoms with van der Waals surface area (Å²) in [5.41, 5.74) is 0.767. The van der Waals surface area contributed by atoms with Crippen molar-refractivity contribution in [1.82, 2.24) is 0 Å². The summed E-state index contributed by atoms with van der Waals surface area (Å²) in [6, 6.07) is 9.15. The second-order valence-corrected chi connectivity index (χ2v) is 5.90. The average Bonchev–Trinajstić information content (AvgIpc) is 3.40. The van der Waals surface area contributed by atoms with Crippen molar-refractivity contribution in [2.75, 3.05) is 5.32 Å². The molecule has 0 atom stereocenters. The number of ether oxygens (including phenoxy) is 1. The number of carboxylic acid groups (broad SMARTS) is 1. The van der Waals surface area contributed by atoms with E-state index >= 15 is 0 Å². The highest BCUT2D eigenvalue weighted by Gasteiger charge is 2.33. The summed E-state index contributed by atoms with van der Waals surface area (Å²) in [5, 5.41) is 11.6. The van der Waals surface area contributed by atoms with Crippen LogP contribution in [0.25, 0.3) is 11.1 Å². The zero-order valence-electron chi connectivity index (χ0n) is 13.3. The molecular formula is C18H14F3NO4. The lowest BCUT2D eigenvalue weighted by Crippen LogP contribution is -2.18. The Morgan fingerprint density at radius 3 is 2.27 bits per heavy atom. The number of halogens is 3. The molecule has 26 heavy (non-hydrogen) atoms. The maximum atomic E-state index is 12.7. The van der Waals surface area contributed by atoms with E-state index < -0.39 is 18.1 Å². The number of benzene rings is 2. The van der Waals surface area contributed by atoms with Crippen LogP contribution in [0.15, 0.2) is 42.5 Å². The van der Waals surface area contributed by atoms with Crippen LogP contribution in [0.1, 0.15) is 23.2 Å². The van der Waals surface area contributed by atoms with Crippen LogP contribution in [0.2, 0.25) is 0 Å². The first-order valence-electron chi connectivity index (χ1n) is 7.77. The maximum Gasteiger partial charge on any atom is 0.573 e. The van der Waals surface area contributed by atoms with Crippen LogP contribution in [0, 0.1) is 5.92 Å². The predicted octanol–water partition coefficient (Wildman–Crippen LogP) is 4.30. The number of hydrogen-bond acceptors (Lipinski definition) is 3. The zero-order valence-corrected chi connectivity index (χ0v) is 13.3. The summed E-state index contributed by atoms with van der Waals surface area (Å²) in [6.45, 7) is 0. The number of nitrogens with one attached hydrogen (secondary N) is 1. The summed E-state index contributed by atoms with van der Waals surface area (Å²) in [4.78, 5) is 22.8.